The van der Waals surface area contributed by atoms with Crippen molar-refractivity contribution in [3.8, 4) is 0 Å². The number of hydrogen-bond donors (Lipinski definition) is 3. The first kappa shape index (κ1) is 12.8. The third-order valence-electron chi connectivity index (χ3n) is 3.06. The van der Waals surface area contributed by atoms with Gasteiger partial charge in [0, 0.05) is 18.8 Å². The molecule has 0 bridgehead atoms. The molecule has 2 atom stereocenters. The Hall–Kier alpha value is -1.66. The van der Waals surface area contributed by atoms with E-state index >= 15 is 0 Å². The van der Waals surface area contributed by atoms with Gasteiger partial charge in [-0.15, -0.1) is 0 Å². The van der Waals surface area contributed by atoms with Gasteiger partial charge in [0.05, 0.1) is 17.8 Å². The molecule has 0 aliphatic carbocycles. The molecule has 1 aliphatic rings. The maximum atomic E-state index is 11.0. The molecule has 0 radical (unpaired) electrons. The van der Waals surface area contributed by atoms with Crippen LogP contribution in [-0.2, 0) is 6.42 Å². The minimum atomic E-state index is -1.01. The van der Waals surface area contributed by atoms with Crippen LogP contribution in [0.4, 0.5) is 5.82 Å². The number of anilines is 1. The molecule has 6 nitrogen and oxygen atoms in total. The summed E-state index contributed by atoms with van der Waals surface area (Å²) in [4.78, 5) is 17.0. The molecule has 1 aromatic rings. The summed E-state index contributed by atoms with van der Waals surface area (Å²) in [6.45, 7) is 2.42. The largest absolute Gasteiger partial charge is 0.478 e. The molecule has 2 rings (SSSR count). The van der Waals surface area contributed by atoms with Crippen molar-refractivity contribution in [2.45, 2.75) is 25.6 Å². The molecule has 18 heavy (non-hydrogen) atoms. The van der Waals surface area contributed by atoms with Gasteiger partial charge in [0.25, 0.3) is 0 Å². The number of β-amino-alcohol motifs (C(OH)–C–C–N with tert-alkyl or cyclic N) is 2. The smallest absolute Gasteiger partial charge is 0.335 e. The Morgan fingerprint density at radius 2 is 2.00 bits per heavy atom. The van der Waals surface area contributed by atoms with Crippen LogP contribution in [0.15, 0.2) is 12.1 Å². The van der Waals surface area contributed by atoms with E-state index in [9.17, 15) is 15.0 Å². The highest BCUT2D eigenvalue weighted by atomic mass is 16.4. The van der Waals surface area contributed by atoms with Gasteiger partial charge < -0.3 is 20.2 Å². The molecule has 1 saturated heterocycles. The minimum Gasteiger partial charge on any atom is -0.478 e. The number of aryl methyl sites for hydroxylation is 1. The number of carboxylic acids is 1. The summed E-state index contributed by atoms with van der Waals surface area (Å²) in [6.07, 6.45) is -0.997. The van der Waals surface area contributed by atoms with E-state index in [1.165, 1.54) is 12.1 Å². The molecule has 6 heteroatoms. The lowest BCUT2D eigenvalue weighted by Gasteiger charge is -2.17. The van der Waals surface area contributed by atoms with Gasteiger partial charge in [0.1, 0.15) is 5.82 Å². The van der Waals surface area contributed by atoms with Crippen LogP contribution >= 0.6 is 0 Å². The van der Waals surface area contributed by atoms with Gasteiger partial charge in [-0.05, 0) is 18.6 Å². The molecule has 98 valence electrons. The van der Waals surface area contributed by atoms with Crippen molar-refractivity contribution in [1.82, 2.24) is 4.98 Å². The summed E-state index contributed by atoms with van der Waals surface area (Å²) in [5, 5.41) is 28.0. The highest BCUT2D eigenvalue weighted by Crippen LogP contribution is 2.21. The number of aliphatic hydroxyl groups is 2. The first-order valence-electron chi connectivity index (χ1n) is 5.86. The van der Waals surface area contributed by atoms with E-state index in [0.29, 0.717) is 17.9 Å². The number of aromatic nitrogens is 1. The van der Waals surface area contributed by atoms with Crippen LogP contribution in [-0.4, -0.2) is 51.6 Å². The van der Waals surface area contributed by atoms with Crippen LogP contribution < -0.4 is 4.90 Å². The van der Waals surface area contributed by atoms with E-state index in [1.807, 2.05) is 6.92 Å². The van der Waals surface area contributed by atoms with Gasteiger partial charge >= 0.3 is 5.97 Å². The maximum absolute atomic E-state index is 11.0. The number of rotatable bonds is 3. The van der Waals surface area contributed by atoms with Crippen LogP contribution in [0, 0.1) is 0 Å². The van der Waals surface area contributed by atoms with Crippen molar-refractivity contribution >= 4 is 11.8 Å². The number of aliphatic hydroxyl groups excluding tert-OH is 2. The predicted molar refractivity (Wildman–Crippen MR) is 64.8 cm³/mol. The molecule has 0 spiro atoms. The van der Waals surface area contributed by atoms with Crippen LogP contribution in [0.2, 0.25) is 0 Å². The van der Waals surface area contributed by atoms with Crippen LogP contribution in [0.3, 0.4) is 0 Å². The SMILES string of the molecule is CCc1cc(C(=O)O)cc(N2CC(O)C(O)C2)n1. The second kappa shape index (κ2) is 4.91. The van der Waals surface area contributed by atoms with E-state index in [4.69, 9.17) is 5.11 Å². The maximum Gasteiger partial charge on any atom is 0.335 e. The number of aromatic carboxylic acids is 1. The summed E-state index contributed by atoms with van der Waals surface area (Å²) in [5.41, 5.74) is 0.855. The minimum absolute atomic E-state index is 0.174. The standard InChI is InChI=1S/C12H16N2O4/c1-2-8-3-7(12(17)18)4-11(13-8)14-5-9(15)10(16)6-14/h3-4,9-10,15-16H,2,5-6H2,1H3,(H,17,18). The number of hydrogen-bond acceptors (Lipinski definition) is 5. The average molecular weight is 252 g/mol. The van der Waals surface area contributed by atoms with E-state index in [0.717, 1.165) is 0 Å². The van der Waals surface area contributed by atoms with Crippen LogP contribution in [0.1, 0.15) is 23.0 Å². The van der Waals surface area contributed by atoms with E-state index in [2.05, 4.69) is 4.98 Å². The second-order valence-electron chi connectivity index (χ2n) is 4.40. The highest BCUT2D eigenvalue weighted by Gasteiger charge is 2.30. The molecular weight excluding hydrogens is 236 g/mol. The third kappa shape index (κ3) is 2.44. The Balaban J connectivity index is 2.32. The van der Waals surface area contributed by atoms with Crippen molar-refractivity contribution in [2.75, 3.05) is 18.0 Å². The Morgan fingerprint density at radius 3 is 2.50 bits per heavy atom. The Kier molecular flexibility index (Phi) is 3.49. The van der Waals surface area contributed by atoms with Crippen LogP contribution in [0.5, 0.6) is 0 Å². The molecule has 0 saturated carbocycles. The number of carboxylic acid groups (broad SMARTS) is 1. The third-order valence-corrected chi connectivity index (χ3v) is 3.06. The zero-order valence-electron chi connectivity index (χ0n) is 10.1. The molecule has 2 unspecified atom stereocenters. The van der Waals surface area contributed by atoms with Gasteiger partial charge in [-0.2, -0.15) is 0 Å². The predicted octanol–water partition coefficient (Wildman–Crippen LogP) is -0.116. The summed E-state index contributed by atoms with van der Waals surface area (Å²) >= 11 is 0. The first-order chi connectivity index (χ1) is 8.51. The van der Waals surface area contributed by atoms with Crippen molar-refractivity contribution in [1.29, 1.82) is 0 Å². The van der Waals surface area contributed by atoms with Gasteiger partial charge in [0.2, 0.25) is 0 Å². The molecule has 0 aromatic carbocycles. The van der Waals surface area contributed by atoms with E-state index in [1.54, 1.807) is 4.90 Å². The fraction of sp³-hybridized carbons (Fsp3) is 0.500. The topological polar surface area (TPSA) is 93.9 Å². The second-order valence-corrected chi connectivity index (χ2v) is 4.40. The zero-order valence-corrected chi connectivity index (χ0v) is 10.1. The number of pyridine rings is 1. The molecular formula is C12H16N2O4. The van der Waals surface area contributed by atoms with Gasteiger partial charge in [-0.25, -0.2) is 9.78 Å². The lowest BCUT2D eigenvalue weighted by molar-refractivity contribution is 0.0572. The van der Waals surface area contributed by atoms with E-state index in [-0.39, 0.29) is 18.7 Å². The molecule has 1 aliphatic heterocycles. The summed E-state index contributed by atoms with van der Waals surface area (Å²) < 4.78 is 0. The molecule has 3 N–H and O–H groups in total. The summed E-state index contributed by atoms with van der Waals surface area (Å²) in [5.74, 6) is -0.518. The molecule has 2 heterocycles. The van der Waals surface area contributed by atoms with Crippen molar-refractivity contribution in [3.05, 3.63) is 23.4 Å². The number of carbonyl (C=O) groups is 1. The summed E-state index contributed by atoms with van der Waals surface area (Å²) in [6, 6.07) is 3.00. The molecule has 1 fully saturated rings. The van der Waals surface area contributed by atoms with Crippen molar-refractivity contribution in [2.24, 2.45) is 0 Å². The fourth-order valence-corrected chi connectivity index (χ4v) is 2.00. The summed E-state index contributed by atoms with van der Waals surface area (Å²) in [7, 11) is 0. The normalized spacial score (nSPS) is 23.4. The Morgan fingerprint density at radius 1 is 1.39 bits per heavy atom. The van der Waals surface area contributed by atoms with Gasteiger partial charge in [0.15, 0.2) is 0 Å². The fourth-order valence-electron chi connectivity index (χ4n) is 2.00. The van der Waals surface area contributed by atoms with Gasteiger partial charge in [-0.3, -0.25) is 0 Å². The Bertz CT molecular complexity index is 453. The molecule has 1 aromatic heterocycles. The lowest BCUT2D eigenvalue weighted by atomic mass is 10.2. The van der Waals surface area contributed by atoms with Crippen LogP contribution in [0.25, 0.3) is 0 Å². The van der Waals surface area contributed by atoms with Crippen molar-refractivity contribution in [3.63, 3.8) is 0 Å². The average Bonchev–Trinajstić information content (AvgIpc) is 2.69. The Labute approximate surface area is 105 Å². The van der Waals surface area contributed by atoms with Gasteiger partial charge in [-0.1, -0.05) is 6.92 Å². The van der Waals surface area contributed by atoms with Crippen molar-refractivity contribution < 1.29 is 20.1 Å². The highest BCUT2D eigenvalue weighted by molar-refractivity contribution is 5.88. The molecule has 0 amide bonds. The quantitative estimate of drug-likeness (QED) is 0.694. The first-order valence-corrected chi connectivity index (χ1v) is 5.86. The number of nitrogens with zero attached hydrogens (tertiary/aromatic N) is 2. The monoisotopic (exact) mass is 252 g/mol. The van der Waals surface area contributed by atoms with E-state index < -0.39 is 18.2 Å². The lowest BCUT2D eigenvalue weighted by Crippen LogP contribution is -2.23. The zero-order chi connectivity index (χ0) is 13.3.